The Balaban J connectivity index is 2.57. The van der Waals surface area contributed by atoms with Gasteiger partial charge >= 0.3 is 0 Å². The van der Waals surface area contributed by atoms with E-state index in [1.165, 1.54) is 5.56 Å². The molecule has 1 heterocycles. The van der Waals surface area contributed by atoms with Gasteiger partial charge in [0.05, 0.1) is 12.7 Å². The fourth-order valence-corrected chi connectivity index (χ4v) is 2.18. The molecule has 0 N–H and O–H groups in total. The molecule has 1 aromatic rings. The Hall–Kier alpha value is -0.340. The summed E-state index contributed by atoms with van der Waals surface area (Å²) < 4.78 is 5.69. The van der Waals surface area contributed by atoms with E-state index in [1.807, 2.05) is 0 Å². The molecule has 2 heteroatoms. The second kappa shape index (κ2) is 5.52. The molecule has 1 rings (SSSR count). The Morgan fingerprint density at radius 2 is 2.00 bits per heavy atom. The van der Waals surface area contributed by atoms with Gasteiger partial charge in [-0.25, -0.2) is 0 Å². The molecule has 0 saturated heterocycles. The third-order valence-corrected chi connectivity index (χ3v) is 3.09. The molecule has 0 spiro atoms. The summed E-state index contributed by atoms with van der Waals surface area (Å²) in [5.41, 5.74) is 1.42. The van der Waals surface area contributed by atoms with Gasteiger partial charge in [-0.3, -0.25) is 0 Å². The van der Waals surface area contributed by atoms with Crippen LogP contribution >= 0.6 is 11.3 Å². The predicted molar refractivity (Wildman–Crippen MR) is 63.0 cm³/mol. The summed E-state index contributed by atoms with van der Waals surface area (Å²) >= 11 is 1.76. The first kappa shape index (κ1) is 11.7. The monoisotopic (exact) mass is 212 g/mol. The molecule has 0 fully saturated rings. The fourth-order valence-electron chi connectivity index (χ4n) is 1.46. The van der Waals surface area contributed by atoms with Gasteiger partial charge in [0, 0.05) is 5.92 Å². The Morgan fingerprint density at radius 3 is 2.43 bits per heavy atom. The van der Waals surface area contributed by atoms with Gasteiger partial charge in [0.2, 0.25) is 0 Å². The Labute approximate surface area is 91.1 Å². The smallest absolute Gasteiger partial charge is 0.0540 e. The molecule has 0 aliphatic carbocycles. The van der Waals surface area contributed by atoms with Gasteiger partial charge in [-0.1, -0.05) is 13.8 Å². The highest BCUT2D eigenvalue weighted by molar-refractivity contribution is 7.07. The average Bonchev–Trinajstić information content (AvgIpc) is 2.56. The summed E-state index contributed by atoms with van der Waals surface area (Å²) in [5, 5.41) is 4.37. The second-order valence-electron chi connectivity index (χ2n) is 4.29. The standard InChI is InChI=1S/C12H20OS/c1-9(2)12(7-13-10(3)4)11-5-6-14-8-11/h5-6,8-10,12H,7H2,1-4H3. The zero-order chi connectivity index (χ0) is 10.6. The zero-order valence-corrected chi connectivity index (χ0v) is 10.3. The van der Waals surface area contributed by atoms with Gasteiger partial charge in [0.1, 0.15) is 0 Å². The molecule has 14 heavy (non-hydrogen) atoms. The van der Waals surface area contributed by atoms with Crippen molar-refractivity contribution >= 4 is 11.3 Å². The van der Waals surface area contributed by atoms with E-state index in [0.29, 0.717) is 17.9 Å². The van der Waals surface area contributed by atoms with Crippen LogP contribution in [0.15, 0.2) is 16.8 Å². The molecule has 0 aromatic carbocycles. The first-order valence-electron chi connectivity index (χ1n) is 5.25. The van der Waals surface area contributed by atoms with Crippen molar-refractivity contribution in [1.82, 2.24) is 0 Å². The van der Waals surface area contributed by atoms with E-state index in [9.17, 15) is 0 Å². The highest BCUT2D eigenvalue weighted by Gasteiger charge is 2.16. The van der Waals surface area contributed by atoms with E-state index >= 15 is 0 Å². The van der Waals surface area contributed by atoms with Crippen LogP contribution in [0.4, 0.5) is 0 Å². The van der Waals surface area contributed by atoms with Crippen molar-refractivity contribution in [2.75, 3.05) is 6.61 Å². The lowest BCUT2D eigenvalue weighted by Crippen LogP contribution is -2.16. The summed E-state index contributed by atoms with van der Waals surface area (Å²) in [6, 6.07) is 2.21. The Bertz CT molecular complexity index is 239. The van der Waals surface area contributed by atoms with Crippen LogP contribution in [0.1, 0.15) is 39.2 Å². The van der Waals surface area contributed by atoms with Crippen molar-refractivity contribution in [2.45, 2.75) is 39.7 Å². The summed E-state index contributed by atoms with van der Waals surface area (Å²) in [6.45, 7) is 9.53. The summed E-state index contributed by atoms with van der Waals surface area (Å²) in [7, 11) is 0. The average molecular weight is 212 g/mol. The maximum atomic E-state index is 5.69. The summed E-state index contributed by atoms with van der Waals surface area (Å²) in [5.74, 6) is 1.19. The van der Waals surface area contributed by atoms with Crippen LogP contribution in [0.2, 0.25) is 0 Å². The highest BCUT2D eigenvalue weighted by Crippen LogP contribution is 2.26. The molecular weight excluding hydrogens is 192 g/mol. The molecule has 0 aliphatic heterocycles. The quantitative estimate of drug-likeness (QED) is 0.719. The van der Waals surface area contributed by atoms with Crippen molar-refractivity contribution in [3.63, 3.8) is 0 Å². The van der Waals surface area contributed by atoms with Gasteiger partial charge in [-0.2, -0.15) is 11.3 Å². The van der Waals surface area contributed by atoms with Crippen LogP contribution in [0.5, 0.6) is 0 Å². The lowest BCUT2D eigenvalue weighted by molar-refractivity contribution is 0.0591. The number of ether oxygens (including phenoxy) is 1. The minimum absolute atomic E-state index is 0.329. The van der Waals surface area contributed by atoms with Gasteiger partial charge in [-0.05, 0) is 42.2 Å². The molecule has 1 atom stereocenters. The molecule has 1 aromatic heterocycles. The number of rotatable bonds is 5. The van der Waals surface area contributed by atoms with E-state index in [4.69, 9.17) is 4.74 Å². The SMILES string of the molecule is CC(C)OCC(c1ccsc1)C(C)C. The van der Waals surface area contributed by atoms with Crippen molar-refractivity contribution < 1.29 is 4.74 Å². The first-order valence-corrected chi connectivity index (χ1v) is 6.19. The predicted octanol–water partition coefficient (Wildman–Crippen LogP) is 3.91. The Kier molecular flexibility index (Phi) is 4.63. The minimum Gasteiger partial charge on any atom is -0.378 e. The van der Waals surface area contributed by atoms with Gasteiger partial charge in [0.15, 0.2) is 0 Å². The number of hydrogen-bond acceptors (Lipinski definition) is 2. The lowest BCUT2D eigenvalue weighted by atomic mass is 9.91. The van der Waals surface area contributed by atoms with E-state index in [1.54, 1.807) is 11.3 Å². The van der Waals surface area contributed by atoms with Crippen LogP contribution in [0.3, 0.4) is 0 Å². The van der Waals surface area contributed by atoms with E-state index < -0.39 is 0 Å². The van der Waals surface area contributed by atoms with E-state index in [0.717, 1.165) is 6.61 Å². The normalized spacial score (nSPS) is 13.9. The summed E-state index contributed by atoms with van der Waals surface area (Å²) in [6.07, 6.45) is 0.329. The molecule has 0 bridgehead atoms. The third-order valence-electron chi connectivity index (χ3n) is 2.39. The molecule has 1 unspecified atom stereocenters. The molecule has 0 radical (unpaired) electrons. The van der Waals surface area contributed by atoms with Crippen molar-refractivity contribution in [1.29, 1.82) is 0 Å². The maximum Gasteiger partial charge on any atom is 0.0540 e. The van der Waals surface area contributed by atoms with Crippen LogP contribution in [-0.4, -0.2) is 12.7 Å². The van der Waals surface area contributed by atoms with Crippen LogP contribution in [0, 0.1) is 5.92 Å². The maximum absolute atomic E-state index is 5.69. The largest absolute Gasteiger partial charge is 0.378 e. The molecule has 0 amide bonds. The van der Waals surface area contributed by atoms with Crippen LogP contribution in [-0.2, 0) is 4.74 Å². The van der Waals surface area contributed by atoms with Crippen LogP contribution in [0.25, 0.3) is 0 Å². The van der Waals surface area contributed by atoms with E-state index in [-0.39, 0.29) is 0 Å². The Morgan fingerprint density at radius 1 is 1.29 bits per heavy atom. The molecule has 0 aliphatic rings. The van der Waals surface area contributed by atoms with Gasteiger partial charge < -0.3 is 4.74 Å². The lowest BCUT2D eigenvalue weighted by Gasteiger charge is -2.21. The van der Waals surface area contributed by atoms with Crippen molar-refractivity contribution in [3.8, 4) is 0 Å². The second-order valence-corrected chi connectivity index (χ2v) is 5.07. The van der Waals surface area contributed by atoms with Gasteiger partial charge in [0.25, 0.3) is 0 Å². The van der Waals surface area contributed by atoms with Crippen molar-refractivity contribution in [2.24, 2.45) is 5.92 Å². The molecule has 1 nitrogen and oxygen atoms in total. The third kappa shape index (κ3) is 3.43. The van der Waals surface area contributed by atoms with Gasteiger partial charge in [-0.15, -0.1) is 0 Å². The first-order chi connectivity index (χ1) is 6.61. The van der Waals surface area contributed by atoms with E-state index in [2.05, 4.69) is 44.5 Å². The fraction of sp³-hybridized carbons (Fsp3) is 0.667. The topological polar surface area (TPSA) is 9.23 Å². The number of thiophene rings is 1. The molecular formula is C12H20OS. The van der Waals surface area contributed by atoms with Crippen molar-refractivity contribution in [3.05, 3.63) is 22.4 Å². The number of hydrogen-bond donors (Lipinski definition) is 0. The molecule has 0 saturated carbocycles. The summed E-state index contributed by atoms with van der Waals surface area (Å²) in [4.78, 5) is 0. The zero-order valence-electron chi connectivity index (χ0n) is 9.49. The van der Waals surface area contributed by atoms with Crippen LogP contribution < -0.4 is 0 Å². The minimum atomic E-state index is 0.329. The highest BCUT2D eigenvalue weighted by atomic mass is 32.1. The molecule has 80 valence electrons.